The van der Waals surface area contributed by atoms with Crippen molar-refractivity contribution in [1.29, 1.82) is 0 Å². The molecule has 0 saturated carbocycles. The summed E-state index contributed by atoms with van der Waals surface area (Å²) in [6, 6.07) is 0. The van der Waals surface area contributed by atoms with Gasteiger partial charge in [-0.3, -0.25) is 0 Å². The van der Waals surface area contributed by atoms with Crippen molar-refractivity contribution in [2.45, 2.75) is 33.6 Å². The zero-order valence-corrected chi connectivity index (χ0v) is 11.7. The summed E-state index contributed by atoms with van der Waals surface area (Å²) in [7, 11) is 0. The normalized spacial score (nSPS) is 10.8. The van der Waals surface area contributed by atoms with Crippen molar-refractivity contribution in [3.63, 3.8) is 0 Å². The first-order valence-corrected chi connectivity index (χ1v) is 6.78. The van der Waals surface area contributed by atoms with Crippen LogP contribution >= 0.6 is 22.9 Å². The first-order chi connectivity index (χ1) is 8.10. The standard InChI is InChI=1S/C12H14ClN3S/c1-4-9-8(3)12(13)16-10(15-9)5-11-14-7(2)6-17-11/h6H,4-5H2,1-3H3. The lowest BCUT2D eigenvalue weighted by Crippen LogP contribution is -2.03. The van der Waals surface area contributed by atoms with Crippen LogP contribution in [0.1, 0.15) is 34.7 Å². The minimum Gasteiger partial charge on any atom is -0.246 e. The second-order valence-corrected chi connectivity index (χ2v) is 5.22. The molecule has 2 rings (SSSR count). The van der Waals surface area contributed by atoms with E-state index in [9.17, 15) is 0 Å². The van der Waals surface area contributed by atoms with Gasteiger partial charge < -0.3 is 0 Å². The Bertz CT molecular complexity index is 537. The highest BCUT2D eigenvalue weighted by molar-refractivity contribution is 7.09. The first-order valence-electron chi connectivity index (χ1n) is 5.53. The van der Waals surface area contributed by atoms with Crippen molar-refractivity contribution in [3.05, 3.63) is 38.3 Å². The molecule has 2 aromatic heterocycles. The molecule has 0 aliphatic carbocycles. The number of nitrogens with zero attached hydrogens (tertiary/aromatic N) is 3. The minimum absolute atomic E-state index is 0.556. The smallest absolute Gasteiger partial charge is 0.137 e. The minimum atomic E-state index is 0.556. The molecule has 0 aliphatic heterocycles. The van der Waals surface area contributed by atoms with Gasteiger partial charge in [-0.25, -0.2) is 15.0 Å². The maximum absolute atomic E-state index is 6.10. The molecule has 0 unspecified atom stereocenters. The van der Waals surface area contributed by atoms with E-state index in [1.807, 2.05) is 19.2 Å². The van der Waals surface area contributed by atoms with Crippen LogP contribution in [0, 0.1) is 13.8 Å². The molecule has 0 spiro atoms. The lowest BCUT2D eigenvalue weighted by Gasteiger charge is -2.06. The lowest BCUT2D eigenvalue weighted by molar-refractivity contribution is 0.883. The van der Waals surface area contributed by atoms with Crippen LogP contribution in [0.15, 0.2) is 5.38 Å². The SMILES string of the molecule is CCc1nc(Cc2nc(C)cs2)nc(Cl)c1C. The molecule has 90 valence electrons. The van der Waals surface area contributed by atoms with Gasteiger partial charge in [0.15, 0.2) is 0 Å². The highest BCUT2D eigenvalue weighted by Gasteiger charge is 2.09. The third-order valence-corrected chi connectivity index (χ3v) is 3.88. The van der Waals surface area contributed by atoms with E-state index in [-0.39, 0.29) is 0 Å². The van der Waals surface area contributed by atoms with Gasteiger partial charge in [-0.2, -0.15) is 0 Å². The molecule has 3 nitrogen and oxygen atoms in total. The van der Waals surface area contributed by atoms with Crippen LogP contribution in [0.5, 0.6) is 0 Å². The summed E-state index contributed by atoms with van der Waals surface area (Å²) in [6.07, 6.45) is 1.53. The van der Waals surface area contributed by atoms with Crippen molar-refractivity contribution >= 4 is 22.9 Å². The molecule has 0 atom stereocenters. The Morgan fingerprint density at radius 2 is 2.00 bits per heavy atom. The van der Waals surface area contributed by atoms with Crippen LogP contribution in [-0.2, 0) is 12.8 Å². The predicted octanol–water partition coefficient (Wildman–Crippen LogP) is 3.36. The topological polar surface area (TPSA) is 38.7 Å². The van der Waals surface area contributed by atoms with Gasteiger partial charge in [-0.15, -0.1) is 11.3 Å². The van der Waals surface area contributed by atoms with E-state index >= 15 is 0 Å². The van der Waals surface area contributed by atoms with Gasteiger partial charge in [-0.1, -0.05) is 18.5 Å². The zero-order chi connectivity index (χ0) is 12.4. The van der Waals surface area contributed by atoms with Crippen molar-refractivity contribution in [3.8, 4) is 0 Å². The highest BCUT2D eigenvalue weighted by Crippen LogP contribution is 2.18. The fourth-order valence-electron chi connectivity index (χ4n) is 1.62. The summed E-state index contributed by atoms with van der Waals surface area (Å²) < 4.78 is 0. The van der Waals surface area contributed by atoms with Crippen LogP contribution in [0.4, 0.5) is 0 Å². The molecule has 0 aromatic carbocycles. The average Bonchev–Trinajstić information content (AvgIpc) is 2.69. The van der Waals surface area contributed by atoms with Crippen molar-refractivity contribution < 1.29 is 0 Å². The molecule has 0 amide bonds. The number of rotatable bonds is 3. The van der Waals surface area contributed by atoms with Crippen LogP contribution in [-0.4, -0.2) is 15.0 Å². The number of aromatic nitrogens is 3. The molecule has 17 heavy (non-hydrogen) atoms. The van der Waals surface area contributed by atoms with Crippen molar-refractivity contribution in [2.24, 2.45) is 0 Å². The summed E-state index contributed by atoms with van der Waals surface area (Å²) in [6.45, 7) is 6.02. The Balaban J connectivity index is 2.30. The largest absolute Gasteiger partial charge is 0.246 e. The van der Waals surface area contributed by atoms with Crippen LogP contribution in [0.2, 0.25) is 5.15 Å². The van der Waals surface area contributed by atoms with E-state index < -0.39 is 0 Å². The number of thiazole rings is 1. The van der Waals surface area contributed by atoms with Gasteiger partial charge >= 0.3 is 0 Å². The summed E-state index contributed by atoms with van der Waals surface area (Å²) in [5.41, 5.74) is 3.04. The summed E-state index contributed by atoms with van der Waals surface area (Å²) in [5.74, 6) is 0.756. The van der Waals surface area contributed by atoms with Gasteiger partial charge in [0.1, 0.15) is 16.0 Å². The van der Waals surface area contributed by atoms with Gasteiger partial charge in [0.05, 0.1) is 6.42 Å². The van der Waals surface area contributed by atoms with E-state index in [1.54, 1.807) is 11.3 Å². The maximum atomic E-state index is 6.10. The quantitative estimate of drug-likeness (QED) is 0.801. The predicted molar refractivity (Wildman–Crippen MR) is 70.8 cm³/mol. The molecule has 5 heteroatoms. The summed E-state index contributed by atoms with van der Waals surface area (Å²) >= 11 is 7.73. The molecule has 2 aromatic rings. The number of halogens is 1. The lowest BCUT2D eigenvalue weighted by atomic mass is 10.2. The molecule has 0 radical (unpaired) electrons. The Kier molecular flexibility index (Phi) is 3.74. The highest BCUT2D eigenvalue weighted by atomic mass is 35.5. The zero-order valence-electron chi connectivity index (χ0n) is 10.1. The van der Waals surface area contributed by atoms with Gasteiger partial charge in [0, 0.05) is 22.3 Å². The molecule has 0 aliphatic rings. The third-order valence-electron chi connectivity index (χ3n) is 2.54. The van der Waals surface area contributed by atoms with E-state index in [0.717, 1.165) is 34.2 Å². The molecule has 0 N–H and O–H groups in total. The fourth-order valence-corrected chi connectivity index (χ4v) is 2.60. The summed E-state index contributed by atoms with van der Waals surface area (Å²) in [5, 5.41) is 3.62. The summed E-state index contributed by atoms with van der Waals surface area (Å²) in [4.78, 5) is 13.2. The Morgan fingerprint density at radius 1 is 1.24 bits per heavy atom. The monoisotopic (exact) mass is 267 g/mol. The van der Waals surface area contributed by atoms with E-state index in [1.165, 1.54) is 0 Å². The van der Waals surface area contributed by atoms with Crippen molar-refractivity contribution in [1.82, 2.24) is 15.0 Å². The second-order valence-electron chi connectivity index (χ2n) is 3.92. The molecular formula is C12H14ClN3S. The van der Waals surface area contributed by atoms with Crippen LogP contribution in [0.25, 0.3) is 0 Å². The van der Waals surface area contributed by atoms with Gasteiger partial charge in [-0.05, 0) is 20.3 Å². The van der Waals surface area contributed by atoms with Gasteiger partial charge in [0.25, 0.3) is 0 Å². The molecule has 0 bridgehead atoms. The maximum Gasteiger partial charge on any atom is 0.137 e. The fraction of sp³-hybridized carbons (Fsp3) is 0.417. The Hall–Kier alpha value is -1.00. The van der Waals surface area contributed by atoms with Crippen molar-refractivity contribution in [2.75, 3.05) is 0 Å². The average molecular weight is 268 g/mol. The molecule has 0 saturated heterocycles. The van der Waals surface area contributed by atoms with E-state index in [4.69, 9.17) is 11.6 Å². The van der Waals surface area contributed by atoms with E-state index in [0.29, 0.717) is 11.6 Å². The first kappa shape index (κ1) is 12.5. The number of hydrogen-bond acceptors (Lipinski definition) is 4. The molecule has 0 fully saturated rings. The van der Waals surface area contributed by atoms with Gasteiger partial charge in [0.2, 0.25) is 0 Å². The Morgan fingerprint density at radius 3 is 2.59 bits per heavy atom. The van der Waals surface area contributed by atoms with Crippen LogP contribution in [0.3, 0.4) is 0 Å². The molecular weight excluding hydrogens is 254 g/mol. The Labute approximate surface area is 110 Å². The van der Waals surface area contributed by atoms with Crippen LogP contribution < -0.4 is 0 Å². The molecule has 2 heterocycles. The third kappa shape index (κ3) is 2.82. The second kappa shape index (κ2) is 5.10. The van der Waals surface area contributed by atoms with E-state index in [2.05, 4.69) is 21.9 Å². The number of hydrogen-bond donors (Lipinski definition) is 0. The number of aryl methyl sites for hydroxylation is 2.